The van der Waals surface area contributed by atoms with Crippen molar-refractivity contribution in [2.75, 3.05) is 16.7 Å². The average molecular weight is 262 g/mol. The Kier molecular flexibility index (Phi) is 2.24. The Labute approximate surface area is 104 Å². The minimum absolute atomic E-state index is 0.144. The lowest BCUT2D eigenvalue weighted by molar-refractivity contribution is 0.595. The maximum absolute atomic E-state index is 12.4. The molecule has 18 heavy (non-hydrogen) atoms. The van der Waals surface area contributed by atoms with Crippen LogP contribution in [0.3, 0.4) is 0 Å². The van der Waals surface area contributed by atoms with Crippen molar-refractivity contribution in [2.24, 2.45) is 0 Å². The highest BCUT2D eigenvalue weighted by Gasteiger charge is 2.30. The number of aromatic nitrogens is 2. The Balaban J connectivity index is 2.35. The second-order valence-corrected chi connectivity index (χ2v) is 5.76. The average Bonchev–Trinajstić information content (AvgIpc) is 2.46. The molecule has 0 radical (unpaired) electrons. The first kappa shape index (κ1) is 11.0. The Bertz CT molecular complexity index is 714. The third-order valence-corrected chi connectivity index (χ3v) is 4.57. The van der Waals surface area contributed by atoms with E-state index >= 15 is 0 Å². The summed E-state index contributed by atoms with van der Waals surface area (Å²) in [5, 5.41) is 2.95. The van der Waals surface area contributed by atoms with Crippen molar-refractivity contribution < 1.29 is 8.42 Å². The van der Waals surface area contributed by atoms with Crippen LogP contribution in [0.2, 0.25) is 0 Å². The van der Waals surface area contributed by atoms with Crippen molar-refractivity contribution in [3.63, 3.8) is 0 Å². The highest BCUT2D eigenvalue weighted by molar-refractivity contribution is 7.93. The van der Waals surface area contributed by atoms with E-state index in [1.54, 1.807) is 24.4 Å². The smallest absolute Gasteiger partial charge is 0.267 e. The molecule has 0 atom stereocenters. The maximum atomic E-state index is 12.4. The van der Waals surface area contributed by atoms with Gasteiger partial charge < -0.3 is 5.32 Å². The molecule has 0 aromatic carbocycles. The molecule has 7 heteroatoms. The molecule has 1 aliphatic rings. The topological polar surface area (TPSA) is 75.2 Å². The van der Waals surface area contributed by atoms with E-state index in [-0.39, 0.29) is 4.90 Å². The second-order valence-electron chi connectivity index (χ2n) is 3.82. The fourth-order valence-corrected chi connectivity index (χ4v) is 3.13. The van der Waals surface area contributed by atoms with E-state index in [4.69, 9.17) is 0 Å². The van der Waals surface area contributed by atoms with Crippen LogP contribution in [0.15, 0.2) is 41.6 Å². The Morgan fingerprint density at radius 1 is 1.11 bits per heavy atom. The molecule has 3 rings (SSSR count). The molecular weight excluding hydrogens is 252 g/mol. The first-order valence-corrected chi connectivity index (χ1v) is 6.71. The van der Waals surface area contributed by atoms with E-state index in [1.165, 1.54) is 23.6 Å². The fourth-order valence-electron chi connectivity index (χ4n) is 1.83. The normalized spacial score (nSPS) is 16.2. The van der Waals surface area contributed by atoms with Crippen molar-refractivity contribution in [1.82, 2.24) is 9.97 Å². The van der Waals surface area contributed by atoms with Gasteiger partial charge in [0.2, 0.25) is 0 Å². The number of nitrogens with zero attached hydrogens (tertiary/aromatic N) is 3. The fraction of sp³-hybridized carbons (Fsp3) is 0.0909. The number of rotatable bonds is 0. The van der Waals surface area contributed by atoms with Gasteiger partial charge in [-0.2, -0.15) is 0 Å². The molecule has 0 fully saturated rings. The SMILES string of the molecule is CN1c2cccnc2Nc2ncccc2S1(=O)=O. The van der Waals surface area contributed by atoms with E-state index in [0.29, 0.717) is 17.3 Å². The highest BCUT2D eigenvalue weighted by Crippen LogP contribution is 2.35. The zero-order valence-corrected chi connectivity index (χ0v) is 10.3. The second kappa shape index (κ2) is 3.67. The molecular formula is C11H10N4O2S. The van der Waals surface area contributed by atoms with Gasteiger partial charge in [-0.15, -0.1) is 0 Å². The molecule has 2 aromatic rings. The molecule has 6 nitrogen and oxygen atoms in total. The molecule has 1 N–H and O–H groups in total. The predicted octanol–water partition coefficient (Wildman–Crippen LogP) is 1.36. The summed E-state index contributed by atoms with van der Waals surface area (Å²) in [6.45, 7) is 0. The largest absolute Gasteiger partial charge is 0.322 e. The zero-order valence-electron chi connectivity index (χ0n) is 9.53. The number of hydrogen-bond acceptors (Lipinski definition) is 5. The summed E-state index contributed by atoms with van der Waals surface area (Å²) in [5.74, 6) is 0.767. The summed E-state index contributed by atoms with van der Waals surface area (Å²) in [7, 11) is -2.10. The van der Waals surface area contributed by atoms with Gasteiger partial charge in [-0.1, -0.05) is 0 Å². The number of sulfonamides is 1. The number of nitrogens with one attached hydrogen (secondary N) is 1. The van der Waals surface area contributed by atoms with Crippen LogP contribution in [0, 0.1) is 0 Å². The molecule has 3 heterocycles. The lowest BCUT2D eigenvalue weighted by Gasteiger charge is -2.17. The van der Waals surface area contributed by atoms with Crippen LogP contribution in [0.4, 0.5) is 17.3 Å². The van der Waals surface area contributed by atoms with E-state index < -0.39 is 10.0 Å². The highest BCUT2D eigenvalue weighted by atomic mass is 32.2. The molecule has 92 valence electrons. The van der Waals surface area contributed by atoms with Crippen LogP contribution in [0.5, 0.6) is 0 Å². The minimum atomic E-state index is -3.60. The van der Waals surface area contributed by atoms with Crippen LogP contribution in [0.1, 0.15) is 0 Å². The molecule has 0 amide bonds. The Hall–Kier alpha value is -2.15. The molecule has 0 spiro atoms. The zero-order chi connectivity index (χ0) is 12.8. The van der Waals surface area contributed by atoms with Crippen LogP contribution in [0.25, 0.3) is 0 Å². The van der Waals surface area contributed by atoms with Crippen LogP contribution in [-0.4, -0.2) is 25.4 Å². The monoisotopic (exact) mass is 262 g/mol. The van der Waals surface area contributed by atoms with Gasteiger partial charge in [-0.05, 0) is 24.3 Å². The third-order valence-electron chi connectivity index (χ3n) is 2.77. The van der Waals surface area contributed by atoms with E-state index in [1.807, 2.05) is 0 Å². The Morgan fingerprint density at radius 2 is 1.78 bits per heavy atom. The summed E-state index contributed by atoms with van der Waals surface area (Å²) in [5.41, 5.74) is 0.496. The summed E-state index contributed by atoms with van der Waals surface area (Å²) < 4.78 is 26.0. The predicted molar refractivity (Wildman–Crippen MR) is 67.3 cm³/mol. The lowest BCUT2D eigenvalue weighted by atomic mass is 10.3. The van der Waals surface area contributed by atoms with Gasteiger partial charge in [-0.3, -0.25) is 4.31 Å². The molecule has 0 unspecified atom stereocenters. The van der Waals surface area contributed by atoms with Crippen molar-refractivity contribution in [2.45, 2.75) is 4.90 Å². The molecule has 0 saturated heterocycles. The van der Waals surface area contributed by atoms with Gasteiger partial charge in [0, 0.05) is 19.4 Å². The third kappa shape index (κ3) is 1.44. The molecule has 2 aromatic heterocycles. The van der Waals surface area contributed by atoms with E-state index in [0.717, 1.165) is 0 Å². The standard InChI is InChI=1S/C11H10N4O2S/c1-15-8-4-2-6-12-10(8)14-11-9(18(15,16)17)5-3-7-13-11/h2-7H,1H3,(H,12,13,14). The van der Waals surface area contributed by atoms with Crippen LogP contribution < -0.4 is 9.62 Å². The van der Waals surface area contributed by atoms with Crippen molar-refractivity contribution >= 4 is 27.3 Å². The van der Waals surface area contributed by atoms with Gasteiger partial charge in [0.1, 0.15) is 4.90 Å². The summed E-state index contributed by atoms with van der Waals surface area (Å²) in [6.07, 6.45) is 3.13. The maximum Gasteiger partial charge on any atom is 0.267 e. The van der Waals surface area contributed by atoms with Crippen molar-refractivity contribution in [1.29, 1.82) is 0 Å². The molecule has 1 aliphatic heterocycles. The summed E-state index contributed by atoms with van der Waals surface area (Å²) in [4.78, 5) is 8.33. The quantitative estimate of drug-likeness (QED) is 0.775. The lowest BCUT2D eigenvalue weighted by Crippen LogP contribution is -2.25. The van der Waals surface area contributed by atoms with Gasteiger partial charge in [0.25, 0.3) is 10.0 Å². The first-order valence-electron chi connectivity index (χ1n) is 5.27. The van der Waals surface area contributed by atoms with Gasteiger partial charge in [-0.25, -0.2) is 18.4 Å². The first-order chi connectivity index (χ1) is 8.60. The number of fused-ring (bicyclic) bond motifs is 2. The summed E-state index contributed by atoms with van der Waals surface area (Å²) in [6, 6.07) is 6.50. The number of anilines is 3. The Morgan fingerprint density at radius 3 is 2.56 bits per heavy atom. The minimum Gasteiger partial charge on any atom is -0.322 e. The van der Waals surface area contributed by atoms with E-state index in [9.17, 15) is 8.42 Å². The van der Waals surface area contributed by atoms with Crippen molar-refractivity contribution in [3.05, 3.63) is 36.7 Å². The van der Waals surface area contributed by atoms with Gasteiger partial charge in [0.05, 0.1) is 5.69 Å². The summed E-state index contributed by atoms with van der Waals surface area (Å²) >= 11 is 0. The molecule has 0 saturated carbocycles. The molecule has 0 bridgehead atoms. The van der Waals surface area contributed by atoms with Gasteiger partial charge in [0.15, 0.2) is 11.6 Å². The van der Waals surface area contributed by atoms with Crippen molar-refractivity contribution in [3.8, 4) is 0 Å². The van der Waals surface area contributed by atoms with Crippen LogP contribution >= 0.6 is 0 Å². The number of hydrogen-bond donors (Lipinski definition) is 1. The van der Waals surface area contributed by atoms with Gasteiger partial charge >= 0.3 is 0 Å². The number of pyridine rings is 2. The molecule has 0 aliphatic carbocycles. The van der Waals surface area contributed by atoms with E-state index in [2.05, 4.69) is 15.3 Å². The van der Waals surface area contributed by atoms with Crippen LogP contribution in [-0.2, 0) is 10.0 Å².